The molecule has 0 bridgehead atoms. The lowest BCUT2D eigenvalue weighted by Gasteiger charge is -2.10. The zero-order valence-corrected chi connectivity index (χ0v) is 12.6. The Morgan fingerprint density at radius 3 is 2.36 bits per heavy atom. The number of fused-ring (bicyclic) bond motifs is 1. The van der Waals surface area contributed by atoms with E-state index in [9.17, 15) is 26.4 Å². The molecule has 0 aliphatic carbocycles. The highest BCUT2D eigenvalue weighted by molar-refractivity contribution is 7.88. The summed E-state index contributed by atoms with van der Waals surface area (Å²) in [6, 6.07) is 4.07. The van der Waals surface area contributed by atoms with Crippen molar-refractivity contribution in [1.29, 1.82) is 0 Å². The molecule has 0 radical (unpaired) electrons. The van der Waals surface area contributed by atoms with Crippen LogP contribution in [0.2, 0.25) is 0 Å². The second-order valence-corrected chi connectivity index (χ2v) is 5.31. The standard InChI is InChI=1S/C11H7F3O6S.H2S/c1-18-8-5-10(15)19-9-4-6(2-3-7(8)9)20-21(16,17)11(12,13)14;/h2-5H,1H3;1H2. The maximum atomic E-state index is 12.2. The van der Waals surface area contributed by atoms with Gasteiger partial charge in [-0.05, 0) is 12.1 Å². The Hall–Kier alpha value is -1.88. The number of rotatable bonds is 3. The summed E-state index contributed by atoms with van der Waals surface area (Å²) in [6.07, 6.45) is 0. The minimum atomic E-state index is -5.80. The van der Waals surface area contributed by atoms with Crippen LogP contribution in [0.4, 0.5) is 13.2 Å². The van der Waals surface area contributed by atoms with Crippen molar-refractivity contribution in [3.63, 3.8) is 0 Å². The first-order chi connectivity index (χ1) is 9.64. The third-order valence-electron chi connectivity index (χ3n) is 2.39. The van der Waals surface area contributed by atoms with Crippen LogP contribution in [-0.2, 0) is 10.1 Å². The second kappa shape index (κ2) is 6.08. The molecule has 122 valence electrons. The summed E-state index contributed by atoms with van der Waals surface area (Å²) in [5, 5.41) is 0.272. The summed E-state index contributed by atoms with van der Waals surface area (Å²) in [5.41, 5.74) is -6.54. The van der Waals surface area contributed by atoms with Gasteiger partial charge in [-0.1, -0.05) is 0 Å². The van der Waals surface area contributed by atoms with Gasteiger partial charge >= 0.3 is 21.3 Å². The summed E-state index contributed by atoms with van der Waals surface area (Å²) in [7, 11) is -4.51. The fourth-order valence-corrected chi connectivity index (χ4v) is 1.96. The number of methoxy groups -OCH3 is 1. The van der Waals surface area contributed by atoms with E-state index in [-0.39, 0.29) is 30.2 Å². The molecule has 2 aromatic rings. The minimum absolute atomic E-state index is 0. The Bertz CT molecular complexity index is 841. The van der Waals surface area contributed by atoms with Crippen LogP contribution in [0.15, 0.2) is 33.5 Å². The van der Waals surface area contributed by atoms with Crippen molar-refractivity contribution in [2.75, 3.05) is 7.11 Å². The van der Waals surface area contributed by atoms with Crippen molar-refractivity contribution < 1.29 is 34.9 Å². The first kappa shape index (κ1) is 18.2. The first-order valence-electron chi connectivity index (χ1n) is 5.27. The summed E-state index contributed by atoms with van der Waals surface area (Å²) < 4.78 is 72.0. The predicted octanol–water partition coefficient (Wildman–Crippen LogP) is 2.14. The Labute approximate surface area is 129 Å². The molecule has 2 rings (SSSR count). The zero-order chi connectivity index (χ0) is 15.8. The maximum Gasteiger partial charge on any atom is 0.534 e. The molecule has 22 heavy (non-hydrogen) atoms. The number of hydrogen-bond acceptors (Lipinski definition) is 6. The molecule has 1 aromatic carbocycles. The van der Waals surface area contributed by atoms with Gasteiger partial charge in [0, 0.05) is 6.07 Å². The highest BCUT2D eigenvalue weighted by Crippen LogP contribution is 2.30. The average Bonchev–Trinajstić information content (AvgIpc) is 2.35. The molecule has 0 N–H and O–H groups in total. The van der Waals surface area contributed by atoms with Crippen molar-refractivity contribution >= 4 is 34.6 Å². The third-order valence-corrected chi connectivity index (χ3v) is 3.37. The summed E-state index contributed by atoms with van der Waals surface area (Å²) in [5.74, 6) is -0.511. The smallest absolute Gasteiger partial charge is 0.496 e. The lowest BCUT2D eigenvalue weighted by molar-refractivity contribution is -0.0500. The van der Waals surface area contributed by atoms with Crippen LogP contribution in [-0.4, -0.2) is 21.0 Å². The maximum absolute atomic E-state index is 12.2. The molecule has 0 amide bonds. The van der Waals surface area contributed by atoms with Gasteiger partial charge in [0.15, 0.2) is 0 Å². The second-order valence-electron chi connectivity index (χ2n) is 3.77. The van der Waals surface area contributed by atoms with Gasteiger partial charge in [-0.2, -0.15) is 35.1 Å². The quantitative estimate of drug-likeness (QED) is 0.475. The van der Waals surface area contributed by atoms with Crippen LogP contribution >= 0.6 is 13.5 Å². The molecule has 0 aliphatic rings. The van der Waals surface area contributed by atoms with Gasteiger partial charge in [0.05, 0.1) is 18.6 Å². The van der Waals surface area contributed by atoms with E-state index < -0.39 is 27.0 Å². The van der Waals surface area contributed by atoms with E-state index in [1.165, 1.54) is 13.2 Å². The van der Waals surface area contributed by atoms with E-state index in [4.69, 9.17) is 9.15 Å². The predicted molar refractivity (Wildman–Crippen MR) is 75.0 cm³/mol. The number of alkyl halides is 3. The van der Waals surface area contributed by atoms with Crippen molar-refractivity contribution in [1.82, 2.24) is 0 Å². The highest BCUT2D eigenvalue weighted by atomic mass is 32.2. The van der Waals surface area contributed by atoms with Crippen molar-refractivity contribution in [2.45, 2.75) is 5.51 Å². The number of halogens is 3. The highest BCUT2D eigenvalue weighted by Gasteiger charge is 2.48. The summed E-state index contributed by atoms with van der Waals surface area (Å²) >= 11 is 0. The fourth-order valence-electron chi connectivity index (χ4n) is 1.51. The van der Waals surface area contributed by atoms with E-state index in [1.807, 2.05) is 0 Å². The van der Waals surface area contributed by atoms with Crippen LogP contribution in [0.5, 0.6) is 11.5 Å². The molecule has 6 nitrogen and oxygen atoms in total. The van der Waals surface area contributed by atoms with Crippen LogP contribution in [0.3, 0.4) is 0 Å². The monoisotopic (exact) mass is 358 g/mol. The SMILES string of the molecule is COc1cc(=O)oc2cc(OS(=O)(=O)C(F)(F)F)ccc12.S. The van der Waals surface area contributed by atoms with Gasteiger partial charge in [-0.25, -0.2) is 4.79 Å². The topological polar surface area (TPSA) is 82.8 Å². The first-order valence-corrected chi connectivity index (χ1v) is 6.67. The van der Waals surface area contributed by atoms with Crippen molar-refractivity contribution in [3.05, 3.63) is 34.7 Å². The van der Waals surface area contributed by atoms with Crippen LogP contribution in [0.1, 0.15) is 0 Å². The van der Waals surface area contributed by atoms with E-state index >= 15 is 0 Å². The van der Waals surface area contributed by atoms with Crippen LogP contribution < -0.4 is 14.5 Å². The molecule has 11 heteroatoms. The molecule has 1 aromatic heterocycles. The van der Waals surface area contributed by atoms with Gasteiger partial charge in [0.25, 0.3) is 0 Å². The van der Waals surface area contributed by atoms with Gasteiger partial charge in [0.1, 0.15) is 17.1 Å². The Morgan fingerprint density at radius 2 is 1.82 bits per heavy atom. The largest absolute Gasteiger partial charge is 0.534 e. The molecule has 0 aliphatic heterocycles. The minimum Gasteiger partial charge on any atom is -0.496 e. The Morgan fingerprint density at radius 1 is 1.18 bits per heavy atom. The molecule has 0 atom stereocenters. The van der Waals surface area contributed by atoms with E-state index in [2.05, 4.69) is 4.18 Å². The third kappa shape index (κ3) is 3.47. The molecule has 0 unspecified atom stereocenters. The normalized spacial score (nSPS) is 11.8. The Kier molecular flexibility index (Phi) is 5.03. The van der Waals surface area contributed by atoms with E-state index in [1.54, 1.807) is 0 Å². The lowest BCUT2D eigenvalue weighted by atomic mass is 10.2. The van der Waals surface area contributed by atoms with Crippen LogP contribution in [0, 0.1) is 0 Å². The molecule has 0 saturated carbocycles. The summed E-state index contributed by atoms with van der Waals surface area (Å²) in [6.45, 7) is 0. The summed E-state index contributed by atoms with van der Waals surface area (Å²) in [4.78, 5) is 11.2. The molecule has 1 heterocycles. The lowest BCUT2D eigenvalue weighted by Crippen LogP contribution is -2.28. The number of benzene rings is 1. The molecule has 0 fully saturated rings. The van der Waals surface area contributed by atoms with Crippen molar-refractivity contribution in [3.8, 4) is 11.5 Å². The molecule has 0 spiro atoms. The molecule has 0 saturated heterocycles. The van der Waals surface area contributed by atoms with E-state index in [0.717, 1.165) is 18.2 Å². The van der Waals surface area contributed by atoms with E-state index in [0.29, 0.717) is 0 Å². The van der Waals surface area contributed by atoms with Gasteiger partial charge in [-0.3, -0.25) is 0 Å². The molecular weight excluding hydrogens is 349 g/mol. The average molecular weight is 358 g/mol. The molecular formula is C11H9F3O6S2. The Balaban J connectivity index is 0.00000242. The van der Waals surface area contributed by atoms with Crippen molar-refractivity contribution in [2.24, 2.45) is 0 Å². The zero-order valence-electron chi connectivity index (χ0n) is 10.8. The van der Waals surface area contributed by atoms with Gasteiger partial charge in [0.2, 0.25) is 0 Å². The van der Waals surface area contributed by atoms with Gasteiger partial charge in [-0.15, -0.1) is 0 Å². The van der Waals surface area contributed by atoms with Crippen LogP contribution in [0.25, 0.3) is 11.0 Å². The van der Waals surface area contributed by atoms with Gasteiger partial charge < -0.3 is 13.3 Å². The number of hydrogen-bond donors (Lipinski definition) is 0. The fraction of sp³-hybridized carbons (Fsp3) is 0.182. The number of ether oxygens (including phenoxy) is 1.